The maximum absolute atomic E-state index is 13.1. The molecular formula is C29H30N2O5. The molecule has 0 aliphatic rings. The largest absolute Gasteiger partial charge is 0.492 e. The zero-order valence-corrected chi connectivity index (χ0v) is 20.9. The molecule has 0 bridgehead atoms. The first-order chi connectivity index (χ1) is 17.2. The van der Waals surface area contributed by atoms with Gasteiger partial charge in [-0.2, -0.15) is 0 Å². The number of nitrogens with zero attached hydrogens (tertiary/aromatic N) is 1. The monoisotopic (exact) mass is 486 g/mol. The molecule has 0 fully saturated rings. The summed E-state index contributed by atoms with van der Waals surface area (Å²) in [7, 11) is 3.98. The second-order valence-corrected chi connectivity index (χ2v) is 9.10. The van der Waals surface area contributed by atoms with Crippen LogP contribution in [0.4, 0.5) is 5.69 Å². The molecule has 186 valence electrons. The van der Waals surface area contributed by atoms with Crippen molar-refractivity contribution in [2.24, 2.45) is 0 Å². The molecule has 7 nitrogen and oxygen atoms in total. The number of fused-ring (bicyclic) bond motifs is 1. The van der Waals surface area contributed by atoms with E-state index < -0.39 is 5.97 Å². The van der Waals surface area contributed by atoms with Gasteiger partial charge in [-0.3, -0.25) is 4.79 Å². The molecular weight excluding hydrogens is 456 g/mol. The molecule has 0 saturated heterocycles. The third-order valence-electron chi connectivity index (χ3n) is 5.94. The van der Waals surface area contributed by atoms with E-state index in [0.29, 0.717) is 29.0 Å². The molecule has 36 heavy (non-hydrogen) atoms. The molecule has 0 saturated carbocycles. The van der Waals surface area contributed by atoms with Gasteiger partial charge in [0.05, 0.1) is 17.0 Å². The molecule has 7 heteroatoms. The van der Waals surface area contributed by atoms with Crippen LogP contribution >= 0.6 is 0 Å². The van der Waals surface area contributed by atoms with Gasteiger partial charge >= 0.3 is 5.97 Å². The van der Waals surface area contributed by atoms with Crippen LogP contribution in [-0.2, 0) is 0 Å². The third kappa shape index (κ3) is 5.58. The molecule has 1 atom stereocenters. The maximum atomic E-state index is 13.1. The number of aromatic carboxylic acids is 1. The van der Waals surface area contributed by atoms with Gasteiger partial charge in [0, 0.05) is 29.4 Å². The van der Waals surface area contributed by atoms with Crippen LogP contribution in [0.2, 0.25) is 0 Å². The number of para-hydroxylation sites is 1. The van der Waals surface area contributed by atoms with E-state index in [2.05, 4.69) is 5.32 Å². The first-order valence-electron chi connectivity index (χ1n) is 11.8. The van der Waals surface area contributed by atoms with Crippen molar-refractivity contribution in [3.63, 3.8) is 0 Å². The second-order valence-electron chi connectivity index (χ2n) is 9.10. The first kappa shape index (κ1) is 25.0. The van der Waals surface area contributed by atoms with Gasteiger partial charge in [0.15, 0.2) is 5.43 Å². The standard InChI is InChI=1S/C29H30N2O5/c1-18-15-23(19(2)30-25-8-6-5-7-22(25)29(33)34)28-24(16-18)26(32)17-27(36-28)20-9-11-21(12-10-20)35-14-13-31(3)4/h5-12,15-17,19,30H,13-14H2,1-4H3,(H,33,34)/t19-/m1/s1. The summed E-state index contributed by atoms with van der Waals surface area (Å²) >= 11 is 0. The van der Waals surface area contributed by atoms with E-state index in [1.807, 2.05) is 69.2 Å². The SMILES string of the molecule is Cc1cc([C@@H](C)Nc2ccccc2C(=O)O)c2oc(-c3ccc(OCCN(C)C)cc3)cc(=O)c2c1. The maximum Gasteiger partial charge on any atom is 0.337 e. The Labute approximate surface area is 209 Å². The fourth-order valence-electron chi connectivity index (χ4n) is 4.07. The lowest BCUT2D eigenvalue weighted by Gasteiger charge is -2.19. The number of carboxylic acid groups (broad SMARTS) is 1. The number of likely N-dealkylation sites (N-methyl/N-ethyl adjacent to an activating group) is 1. The van der Waals surface area contributed by atoms with Crippen molar-refractivity contribution in [1.29, 1.82) is 0 Å². The lowest BCUT2D eigenvalue weighted by molar-refractivity contribution is 0.0698. The lowest BCUT2D eigenvalue weighted by Crippen LogP contribution is -2.19. The van der Waals surface area contributed by atoms with Gasteiger partial charge in [-0.25, -0.2) is 4.79 Å². The number of rotatable bonds is 9. The average molecular weight is 487 g/mol. The molecule has 3 aromatic carbocycles. The van der Waals surface area contributed by atoms with Crippen molar-refractivity contribution in [2.75, 3.05) is 32.6 Å². The highest BCUT2D eigenvalue weighted by Crippen LogP contribution is 2.31. The van der Waals surface area contributed by atoms with Crippen molar-refractivity contribution < 1.29 is 19.1 Å². The summed E-state index contributed by atoms with van der Waals surface area (Å²) in [6, 6.07) is 19.2. The van der Waals surface area contributed by atoms with Gasteiger partial charge in [-0.1, -0.05) is 18.2 Å². The normalized spacial score (nSPS) is 12.0. The molecule has 2 N–H and O–H groups in total. The molecule has 0 unspecified atom stereocenters. The minimum absolute atomic E-state index is 0.138. The minimum atomic E-state index is -1.01. The Balaban J connectivity index is 1.70. The van der Waals surface area contributed by atoms with Gasteiger partial charge in [-0.15, -0.1) is 0 Å². The number of aryl methyl sites for hydroxylation is 1. The van der Waals surface area contributed by atoms with E-state index in [9.17, 15) is 14.7 Å². The first-order valence-corrected chi connectivity index (χ1v) is 11.8. The average Bonchev–Trinajstić information content (AvgIpc) is 2.84. The number of anilines is 1. The highest BCUT2D eigenvalue weighted by Gasteiger charge is 2.18. The summed E-state index contributed by atoms with van der Waals surface area (Å²) < 4.78 is 12.1. The van der Waals surface area contributed by atoms with Gasteiger partial charge < -0.3 is 24.5 Å². The minimum Gasteiger partial charge on any atom is -0.492 e. The van der Waals surface area contributed by atoms with Crippen molar-refractivity contribution in [3.05, 3.63) is 93.6 Å². The van der Waals surface area contributed by atoms with Crippen molar-refractivity contribution in [2.45, 2.75) is 19.9 Å². The summed E-state index contributed by atoms with van der Waals surface area (Å²) in [6.07, 6.45) is 0. The number of carbonyl (C=O) groups is 1. The van der Waals surface area contributed by atoms with Crippen LogP contribution in [0.1, 0.15) is 34.5 Å². The predicted molar refractivity (Wildman–Crippen MR) is 142 cm³/mol. The van der Waals surface area contributed by atoms with Gasteiger partial charge in [-0.05, 0) is 76.0 Å². The molecule has 1 aromatic heterocycles. The Morgan fingerprint density at radius 2 is 1.81 bits per heavy atom. The van der Waals surface area contributed by atoms with Crippen LogP contribution < -0.4 is 15.5 Å². The van der Waals surface area contributed by atoms with Gasteiger partial charge in [0.1, 0.15) is 23.7 Å². The number of hydrogen-bond donors (Lipinski definition) is 2. The van der Waals surface area contributed by atoms with Crippen molar-refractivity contribution in [1.82, 2.24) is 4.90 Å². The second kappa shape index (κ2) is 10.7. The number of benzene rings is 3. The van der Waals surface area contributed by atoms with Crippen molar-refractivity contribution >= 4 is 22.6 Å². The number of hydrogen-bond acceptors (Lipinski definition) is 6. The van der Waals surface area contributed by atoms with E-state index in [0.717, 1.165) is 29.0 Å². The molecule has 0 aliphatic carbocycles. The third-order valence-corrected chi connectivity index (χ3v) is 5.94. The van der Waals surface area contributed by atoms with Crippen LogP contribution in [0.15, 0.2) is 75.9 Å². The zero-order valence-electron chi connectivity index (χ0n) is 20.9. The van der Waals surface area contributed by atoms with Crippen LogP contribution in [-0.4, -0.2) is 43.2 Å². The number of carboxylic acids is 1. The summed E-state index contributed by atoms with van der Waals surface area (Å²) in [4.78, 5) is 26.8. The Bertz CT molecular complexity index is 1440. The summed E-state index contributed by atoms with van der Waals surface area (Å²) in [5.74, 6) is 0.188. The summed E-state index contributed by atoms with van der Waals surface area (Å²) in [6.45, 7) is 5.23. The van der Waals surface area contributed by atoms with E-state index in [1.54, 1.807) is 24.3 Å². The molecule has 0 amide bonds. The van der Waals surface area contributed by atoms with Crippen LogP contribution in [0, 0.1) is 6.92 Å². The molecule has 0 radical (unpaired) electrons. The van der Waals surface area contributed by atoms with Crippen molar-refractivity contribution in [3.8, 4) is 17.1 Å². The Morgan fingerprint density at radius 3 is 2.50 bits per heavy atom. The topological polar surface area (TPSA) is 92.0 Å². The highest BCUT2D eigenvalue weighted by molar-refractivity contribution is 5.94. The van der Waals surface area contributed by atoms with E-state index >= 15 is 0 Å². The highest BCUT2D eigenvalue weighted by atomic mass is 16.5. The quantitative estimate of drug-likeness (QED) is 0.319. The van der Waals surface area contributed by atoms with Crippen LogP contribution in [0.25, 0.3) is 22.3 Å². The fourth-order valence-corrected chi connectivity index (χ4v) is 4.07. The summed E-state index contributed by atoms with van der Waals surface area (Å²) in [5, 5.41) is 13.3. The molecule has 0 aliphatic heterocycles. The van der Waals surface area contributed by atoms with Gasteiger partial charge in [0.25, 0.3) is 0 Å². The Morgan fingerprint density at radius 1 is 1.08 bits per heavy atom. The van der Waals surface area contributed by atoms with Crippen LogP contribution in [0.3, 0.4) is 0 Å². The Kier molecular flexibility index (Phi) is 7.41. The van der Waals surface area contributed by atoms with Gasteiger partial charge in [0.2, 0.25) is 0 Å². The lowest BCUT2D eigenvalue weighted by atomic mass is 10.00. The molecule has 4 rings (SSSR count). The van der Waals surface area contributed by atoms with E-state index in [1.165, 1.54) is 6.07 Å². The predicted octanol–water partition coefficient (Wildman–Crippen LogP) is 5.58. The molecule has 4 aromatic rings. The number of ether oxygens (including phenoxy) is 1. The molecule has 0 spiro atoms. The van der Waals surface area contributed by atoms with E-state index in [-0.39, 0.29) is 17.0 Å². The van der Waals surface area contributed by atoms with Crippen LogP contribution in [0.5, 0.6) is 5.75 Å². The molecule has 1 heterocycles. The smallest absolute Gasteiger partial charge is 0.337 e. The number of nitrogens with one attached hydrogen (secondary N) is 1. The zero-order chi connectivity index (χ0) is 25.8. The fraction of sp³-hybridized carbons (Fsp3) is 0.241. The van der Waals surface area contributed by atoms with E-state index in [4.69, 9.17) is 9.15 Å². The summed E-state index contributed by atoms with van der Waals surface area (Å²) in [5.41, 5.74) is 3.46. The Hall–Kier alpha value is -4.10.